The van der Waals surface area contributed by atoms with Gasteiger partial charge in [-0.3, -0.25) is 9.59 Å². The van der Waals surface area contributed by atoms with E-state index in [1.807, 2.05) is 13.0 Å². The molecule has 0 saturated heterocycles. The Kier molecular flexibility index (Phi) is 3.98. The van der Waals surface area contributed by atoms with E-state index in [2.05, 4.69) is 10.1 Å². The number of anilines is 1. The SMILES string of the molecule is Cc1cccc(N2C(=O)c3cnc4c(c(C)nn4-c4ccc(Cl)cc4F)c3C2=O)c1. The molecular formula is C22H14ClFN4O2. The molecule has 6 nitrogen and oxygen atoms in total. The third kappa shape index (κ3) is 2.55. The van der Waals surface area contributed by atoms with Crippen LogP contribution in [-0.4, -0.2) is 26.6 Å². The summed E-state index contributed by atoms with van der Waals surface area (Å²) in [5.74, 6) is -1.47. The van der Waals surface area contributed by atoms with Crippen LogP contribution in [-0.2, 0) is 0 Å². The number of halogens is 2. The zero-order valence-electron chi connectivity index (χ0n) is 16.0. The summed E-state index contributed by atoms with van der Waals surface area (Å²) in [5.41, 5.74) is 2.75. The number of benzene rings is 2. The summed E-state index contributed by atoms with van der Waals surface area (Å²) in [7, 11) is 0. The van der Waals surface area contributed by atoms with Crippen molar-refractivity contribution >= 4 is 40.1 Å². The first-order chi connectivity index (χ1) is 14.4. The number of carbonyl (C=O) groups excluding carboxylic acids is 2. The lowest BCUT2D eigenvalue weighted by atomic mass is 10.1. The largest absolute Gasteiger partial charge is 0.268 e. The Morgan fingerprint density at radius 3 is 2.57 bits per heavy atom. The molecular weight excluding hydrogens is 407 g/mol. The van der Waals surface area contributed by atoms with Crippen LogP contribution in [0.2, 0.25) is 5.02 Å². The molecule has 4 aromatic rings. The number of nitrogens with zero attached hydrogens (tertiary/aromatic N) is 4. The quantitative estimate of drug-likeness (QED) is 0.443. The molecule has 0 N–H and O–H groups in total. The van der Waals surface area contributed by atoms with Crippen molar-refractivity contribution in [1.29, 1.82) is 0 Å². The fourth-order valence-electron chi connectivity index (χ4n) is 3.78. The summed E-state index contributed by atoms with van der Waals surface area (Å²) in [5, 5.41) is 5.07. The van der Waals surface area contributed by atoms with Crippen LogP contribution in [0.15, 0.2) is 48.7 Å². The van der Waals surface area contributed by atoms with Crippen LogP contribution in [0.3, 0.4) is 0 Å². The molecule has 8 heteroatoms. The van der Waals surface area contributed by atoms with Crippen molar-refractivity contribution in [2.45, 2.75) is 13.8 Å². The van der Waals surface area contributed by atoms with E-state index in [1.54, 1.807) is 31.2 Å². The van der Waals surface area contributed by atoms with Crippen molar-refractivity contribution in [1.82, 2.24) is 14.8 Å². The van der Waals surface area contributed by atoms with Crippen LogP contribution >= 0.6 is 11.6 Å². The molecule has 1 aliphatic rings. The number of rotatable bonds is 2. The average Bonchev–Trinajstić information content (AvgIpc) is 3.16. The topological polar surface area (TPSA) is 68.1 Å². The number of fused-ring (bicyclic) bond motifs is 3. The molecule has 30 heavy (non-hydrogen) atoms. The van der Waals surface area contributed by atoms with Crippen molar-refractivity contribution in [2.24, 2.45) is 0 Å². The molecule has 1 aliphatic heterocycles. The molecule has 148 valence electrons. The lowest BCUT2D eigenvalue weighted by Gasteiger charge is -2.14. The Balaban J connectivity index is 1.73. The Morgan fingerprint density at radius 2 is 1.83 bits per heavy atom. The second kappa shape index (κ2) is 6.47. The number of aromatic nitrogens is 3. The normalized spacial score (nSPS) is 13.4. The maximum atomic E-state index is 14.5. The molecule has 0 aliphatic carbocycles. The van der Waals surface area contributed by atoms with Gasteiger partial charge in [-0.25, -0.2) is 19.0 Å². The summed E-state index contributed by atoms with van der Waals surface area (Å²) < 4.78 is 15.8. The van der Waals surface area contributed by atoms with Gasteiger partial charge in [0.05, 0.1) is 27.9 Å². The molecule has 5 rings (SSSR count). The lowest BCUT2D eigenvalue weighted by Crippen LogP contribution is -2.29. The number of hydrogen-bond acceptors (Lipinski definition) is 4. The smallest absolute Gasteiger partial charge is 0.267 e. The van der Waals surface area contributed by atoms with E-state index in [9.17, 15) is 14.0 Å². The van der Waals surface area contributed by atoms with Gasteiger partial charge >= 0.3 is 0 Å². The van der Waals surface area contributed by atoms with Gasteiger partial charge in [-0.05, 0) is 49.7 Å². The van der Waals surface area contributed by atoms with Gasteiger partial charge in [-0.15, -0.1) is 0 Å². The molecule has 3 heterocycles. The molecule has 0 bridgehead atoms. The fourth-order valence-corrected chi connectivity index (χ4v) is 3.94. The summed E-state index contributed by atoms with van der Waals surface area (Å²) >= 11 is 5.85. The molecule has 0 atom stereocenters. The standard InChI is InChI=1S/C22H14ClFN4O2/c1-11-4-3-5-14(8-11)27-21(29)15-10-25-20-18(19(15)22(27)30)12(2)26-28(20)17-7-6-13(23)9-16(17)24/h3-10H,1-2H3. The van der Waals surface area contributed by atoms with E-state index >= 15 is 0 Å². The third-order valence-corrected chi connectivity index (χ3v) is 5.35. The van der Waals surface area contributed by atoms with E-state index in [0.717, 1.165) is 10.5 Å². The fraction of sp³-hybridized carbons (Fsp3) is 0.0909. The maximum Gasteiger partial charge on any atom is 0.267 e. The molecule has 0 unspecified atom stereocenters. The Bertz CT molecular complexity index is 1400. The highest BCUT2D eigenvalue weighted by Crippen LogP contribution is 2.35. The van der Waals surface area contributed by atoms with E-state index in [0.29, 0.717) is 22.4 Å². The first kappa shape index (κ1) is 18.4. The van der Waals surface area contributed by atoms with Crippen molar-refractivity contribution in [3.63, 3.8) is 0 Å². The summed E-state index contributed by atoms with van der Waals surface area (Å²) in [4.78, 5) is 31.8. The van der Waals surface area contributed by atoms with Gasteiger partial charge in [0.25, 0.3) is 11.8 Å². The highest BCUT2D eigenvalue weighted by Gasteiger charge is 2.40. The minimum absolute atomic E-state index is 0.150. The summed E-state index contributed by atoms with van der Waals surface area (Å²) in [6.45, 7) is 3.58. The predicted molar refractivity (Wildman–Crippen MR) is 111 cm³/mol. The minimum atomic E-state index is -0.571. The number of aryl methyl sites for hydroxylation is 2. The van der Waals surface area contributed by atoms with E-state index in [-0.39, 0.29) is 21.8 Å². The molecule has 0 saturated carbocycles. The minimum Gasteiger partial charge on any atom is -0.268 e. The maximum absolute atomic E-state index is 14.5. The lowest BCUT2D eigenvalue weighted by molar-refractivity contribution is 0.0926. The second-order valence-electron chi connectivity index (χ2n) is 7.12. The van der Waals surface area contributed by atoms with Crippen LogP contribution in [0.5, 0.6) is 0 Å². The summed E-state index contributed by atoms with van der Waals surface area (Å²) in [6.07, 6.45) is 1.35. The van der Waals surface area contributed by atoms with E-state index in [1.165, 1.54) is 23.0 Å². The van der Waals surface area contributed by atoms with Crippen LogP contribution in [0, 0.1) is 19.7 Å². The molecule has 0 radical (unpaired) electrons. The molecule has 2 aromatic heterocycles. The van der Waals surface area contributed by atoms with Crippen molar-refractivity contribution < 1.29 is 14.0 Å². The first-order valence-corrected chi connectivity index (χ1v) is 9.54. The van der Waals surface area contributed by atoms with E-state index in [4.69, 9.17) is 11.6 Å². The highest BCUT2D eigenvalue weighted by atomic mass is 35.5. The monoisotopic (exact) mass is 420 g/mol. The van der Waals surface area contributed by atoms with Crippen LogP contribution in [0.1, 0.15) is 32.0 Å². The van der Waals surface area contributed by atoms with Gasteiger partial charge in [-0.1, -0.05) is 23.7 Å². The van der Waals surface area contributed by atoms with Gasteiger partial charge in [-0.2, -0.15) is 5.10 Å². The van der Waals surface area contributed by atoms with Gasteiger partial charge in [0, 0.05) is 11.2 Å². The van der Waals surface area contributed by atoms with Crippen LogP contribution in [0.25, 0.3) is 16.7 Å². The Morgan fingerprint density at radius 1 is 1.03 bits per heavy atom. The van der Waals surface area contributed by atoms with Crippen molar-refractivity contribution in [3.8, 4) is 5.69 Å². The summed E-state index contributed by atoms with van der Waals surface area (Å²) in [6, 6.07) is 11.4. The first-order valence-electron chi connectivity index (χ1n) is 9.16. The Hall–Kier alpha value is -3.58. The van der Waals surface area contributed by atoms with Crippen LogP contribution in [0.4, 0.5) is 10.1 Å². The molecule has 0 spiro atoms. The van der Waals surface area contributed by atoms with Gasteiger partial charge in [0.1, 0.15) is 11.5 Å². The van der Waals surface area contributed by atoms with Gasteiger partial charge in [0.2, 0.25) is 0 Å². The molecule has 2 aromatic carbocycles. The van der Waals surface area contributed by atoms with Gasteiger partial charge < -0.3 is 0 Å². The zero-order valence-corrected chi connectivity index (χ0v) is 16.7. The van der Waals surface area contributed by atoms with Crippen LogP contribution < -0.4 is 4.90 Å². The van der Waals surface area contributed by atoms with Crippen molar-refractivity contribution in [2.75, 3.05) is 4.90 Å². The average molecular weight is 421 g/mol. The molecule has 2 amide bonds. The van der Waals surface area contributed by atoms with E-state index < -0.39 is 17.6 Å². The number of imide groups is 1. The second-order valence-corrected chi connectivity index (χ2v) is 7.56. The highest BCUT2D eigenvalue weighted by molar-refractivity contribution is 6.37. The zero-order chi connectivity index (χ0) is 21.2. The number of pyridine rings is 1. The third-order valence-electron chi connectivity index (χ3n) is 5.12. The Labute approximate surface area is 175 Å². The van der Waals surface area contributed by atoms with Crippen molar-refractivity contribution in [3.05, 3.63) is 81.9 Å². The number of amides is 2. The number of hydrogen-bond donors (Lipinski definition) is 0. The van der Waals surface area contributed by atoms with Gasteiger partial charge in [0.15, 0.2) is 5.65 Å². The molecule has 0 fully saturated rings. The number of carbonyl (C=O) groups is 2. The predicted octanol–water partition coefficient (Wildman–Crippen LogP) is 4.63.